The zero-order chi connectivity index (χ0) is 12.6. The van der Waals surface area contributed by atoms with Gasteiger partial charge in [-0.15, -0.1) is 0 Å². The van der Waals surface area contributed by atoms with E-state index in [0.717, 1.165) is 6.42 Å². The molecule has 9 heteroatoms. The van der Waals surface area contributed by atoms with Gasteiger partial charge in [0.15, 0.2) is 0 Å². The van der Waals surface area contributed by atoms with Gasteiger partial charge >= 0.3 is 59.1 Å². The molecule has 19 heavy (non-hydrogen) atoms. The zero-order valence-electron chi connectivity index (χ0n) is 11.2. The number of nitrogens with zero attached hydrogens (tertiary/aromatic N) is 2. The first-order chi connectivity index (χ1) is 8.02. The Hall–Kier alpha value is 0.760. The molecule has 7 nitrogen and oxygen atoms in total. The number of nitro groups is 2. The molecule has 2 saturated carbocycles. The minimum atomic E-state index is -1.31. The Kier molecular flexibility index (Phi) is 8.59. The van der Waals surface area contributed by atoms with Crippen LogP contribution < -0.4 is 64.2 Å². The molecule has 2 aliphatic rings. The second kappa shape index (κ2) is 8.26. The molecule has 0 aromatic rings. The average molecular weight is 288 g/mol. The normalized spacial score (nSPS) is 37.2. The summed E-state index contributed by atoms with van der Waals surface area (Å²) in [5.74, 6) is -0.725. The second-order valence-electron chi connectivity index (χ2n) is 4.84. The van der Waals surface area contributed by atoms with E-state index < -0.39 is 34.0 Å². The molecule has 2 rings (SSSR count). The third kappa shape index (κ3) is 4.12. The van der Waals surface area contributed by atoms with E-state index in [4.69, 9.17) is 0 Å². The molecule has 0 radical (unpaired) electrons. The summed E-state index contributed by atoms with van der Waals surface area (Å²) in [5.41, 5.74) is 0. The SMILES string of the molecule is O=[N+]([O-])C1CC([N+](=O)[O-])C2CC[CH-]CC2C1[O-].[Na+].[Na+]. The van der Waals surface area contributed by atoms with E-state index in [2.05, 4.69) is 0 Å². The van der Waals surface area contributed by atoms with Gasteiger partial charge in [0.1, 0.15) is 0 Å². The number of hydrogen-bond donors (Lipinski definition) is 0. The molecule has 0 aromatic carbocycles. The van der Waals surface area contributed by atoms with Crippen molar-refractivity contribution in [2.45, 2.75) is 43.9 Å². The molecule has 0 aromatic heterocycles. The van der Waals surface area contributed by atoms with Gasteiger partial charge in [-0.3, -0.25) is 20.2 Å². The maximum absolute atomic E-state index is 12.0. The van der Waals surface area contributed by atoms with Crippen LogP contribution in [0, 0.1) is 38.5 Å². The van der Waals surface area contributed by atoms with Crippen LogP contribution >= 0.6 is 0 Å². The first-order valence-corrected chi connectivity index (χ1v) is 5.77. The summed E-state index contributed by atoms with van der Waals surface area (Å²) in [5, 5.41) is 33.7. The summed E-state index contributed by atoms with van der Waals surface area (Å²) in [4.78, 5) is 20.7. The van der Waals surface area contributed by atoms with Crippen molar-refractivity contribution >= 4 is 0 Å². The van der Waals surface area contributed by atoms with E-state index in [9.17, 15) is 25.3 Å². The van der Waals surface area contributed by atoms with Gasteiger partial charge in [0.25, 0.3) is 0 Å². The Balaban J connectivity index is 0.00000162. The van der Waals surface area contributed by atoms with Gasteiger partial charge in [-0.25, -0.2) is 0 Å². The van der Waals surface area contributed by atoms with E-state index in [1.54, 1.807) is 0 Å². The van der Waals surface area contributed by atoms with Gasteiger partial charge in [0, 0.05) is 15.8 Å². The predicted molar refractivity (Wildman–Crippen MR) is 55.1 cm³/mol. The summed E-state index contributed by atoms with van der Waals surface area (Å²) in [6, 6.07) is -2.23. The fraction of sp³-hybridized carbons (Fsp3) is 0.900. The maximum atomic E-state index is 12.0. The predicted octanol–water partition coefficient (Wildman–Crippen LogP) is -5.96. The Morgan fingerprint density at radius 2 is 1.58 bits per heavy atom. The van der Waals surface area contributed by atoms with Crippen LogP contribution in [0.25, 0.3) is 0 Å². The summed E-state index contributed by atoms with van der Waals surface area (Å²) < 4.78 is 0. The van der Waals surface area contributed by atoms with Crippen molar-refractivity contribution in [3.05, 3.63) is 26.6 Å². The fourth-order valence-electron chi connectivity index (χ4n) is 3.16. The molecule has 0 aliphatic heterocycles. The number of fused-ring (bicyclic) bond motifs is 1. The largest absolute Gasteiger partial charge is 1.00 e. The summed E-state index contributed by atoms with van der Waals surface area (Å²) in [6.45, 7) is 0. The molecule has 0 bridgehead atoms. The molecule has 5 unspecified atom stereocenters. The van der Waals surface area contributed by atoms with Gasteiger partial charge in [-0.1, -0.05) is 18.4 Å². The molecule has 0 saturated heterocycles. The van der Waals surface area contributed by atoms with E-state index >= 15 is 0 Å². The van der Waals surface area contributed by atoms with Crippen LogP contribution in [0.5, 0.6) is 0 Å². The number of rotatable bonds is 2. The molecule has 0 heterocycles. The van der Waals surface area contributed by atoms with Gasteiger partial charge in [-0.05, 0) is 0 Å². The Bertz CT molecular complexity index is 344. The van der Waals surface area contributed by atoms with Crippen molar-refractivity contribution < 1.29 is 74.1 Å². The van der Waals surface area contributed by atoms with E-state index in [1.165, 1.54) is 0 Å². The Labute approximate surface area is 155 Å². The van der Waals surface area contributed by atoms with E-state index in [-0.39, 0.29) is 71.5 Å². The Morgan fingerprint density at radius 3 is 2.11 bits per heavy atom. The fourth-order valence-corrected chi connectivity index (χ4v) is 3.16. The standard InChI is InChI=1S/C10H14N2O5.2Na/c13-10-7-4-2-1-3-6(7)8(11(14)15)5-9(10)12(16)17;;/h2,6-10H,1,3-5H2;;/q-2;2*+1. The molecule has 0 N–H and O–H groups in total. The molecular weight excluding hydrogens is 274 g/mol. The first kappa shape index (κ1) is 19.8. The van der Waals surface area contributed by atoms with Crippen LogP contribution in [0.2, 0.25) is 0 Å². The van der Waals surface area contributed by atoms with Crippen molar-refractivity contribution in [2.24, 2.45) is 11.8 Å². The summed E-state index contributed by atoms with van der Waals surface area (Å²) in [7, 11) is 0. The van der Waals surface area contributed by atoms with Crippen LogP contribution in [0.1, 0.15) is 25.7 Å². The molecule has 2 fully saturated rings. The van der Waals surface area contributed by atoms with Crippen LogP contribution in [0.15, 0.2) is 0 Å². The molecule has 2 aliphatic carbocycles. The summed E-state index contributed by atoms with van der Waals surface area (Å²) >= 11 is 0. The molecule has 0 spiro atoms. The molecule has 5 atom stereocenters. The second-order valence-corrected chi connectivity index (χ2v) is 4.84. The van der Waals surface area contributed by atoms with Crippen LogP contribution in [0.3, 0.4) is 0 Å². The number of hydrogen-bond acceptors (Lipinski definition) is 5. The van der Waals surface area contributed by atoms with Gasteiger partial charge < -0.3 is 11.5 Å². The first-order valence-electron chi connectivity index (χ1n) is 5.77. The van der Waals surface area contributed by atoms with Gasteiger partial charge in [-0.2, -0.15) is 12.8 Å². The minimum Gasteiger partial charge on any atom is -0.847 e. The van der Waals surface area contributed by atoms with E-state index in [0.29, 0.717) is 12.8 Å². The van der Waals surface area contributed by atoms with E-state index in [1.807, 2.05) is 6.42 Å². The monoisotopic (exact) mass is 288 g/mol. The van der Waals surface area contributed by atoms with Crippen molar-refractivity contribution in [3.63, 3.8) is 0 Å². The van der Waals surface area contributed by atoms with Crippen molar-refractivity contribution in [1.82, 2.24) is 0 Å². The molecular formula is C10H14N2Na2O5. The quantitative estimate of drug-likeness (QED) is 0.217. The van der Waals surface area contributed by atoms with Crippen LogP contribution in [-0.4, -0.2) is 28.0 Å². The maximum Gasteiger partial charge on any atom is 1.00 e. The van der Waals surface area contributed by atoms with Crippen molar-refractivity contribution in [2.75, 3.05) is 0 Å². The smallest absolute Gasteiger partial charge is 0.847 e. The molecule has 96 valence electrons. The summed E-state index contributed by atoms with van der Waals surface area (Å²) in [6.07, 6.45) is 2.26. The zero-order valence-corrected chi connectivity index (χ0v) is 15.2. The van der Waals surface area contributed by atoms with Crippen molar-refractivity contribution in [3.8, 4) is 0 Å². The van der Waals surface area contributed by atoms with Crippen molar-refractivity contribution in [1.29, 1.82) is 0 Å². The van der Waals surface area contributed by atoms with Gasteiger partial charge in [0.05, 0.1) is 6.42 Å². The topological polar surface area (TPSA) is 109 Å². The van der Waals surface area contributed by atoms with Crippen LogP contribution in [-0.2, 0) is 0 Å². The molecule has 0 amide bonds. The third-order valence-electron chi connectivity index (χ3n) is 4.01. The minimum absolute atomic E-state index is 0. The Morgan fingerprint density at radius 1 is 1.00 bits per heavy atom. The average Bonchev–Trinajstić information content (AvgIpc) is 2.29. The van der Waals surface area contributed by atoms with Crippen LogP contribution in [0.4, 0.5) is 0 Å². The van der Waals surface area contributed by atoms with Gasteiger partial charge in [0.2, 0.25) is 12.1 Å². The third-order valence-corrected chi connectivity index (χ3v) is 4.01.